The normalized spacial score (nSPS) is 24.3. The molecule has 0 bridgehead atoms. The second kappa shape index (κ2) is 16.2. The van der Waals surface area contributed by atoms with Crippen LogP contribution in [-0.2, 0) is 30.4 Å². The van der Waals surface area contributed by atoms with Gasteiger partial charge in [0, 0.05) is 61.0 Å². The van der Waals surface area contributed by atoms with Crippen LogP contribution in [0.4, 0.5) is 0 Å². The first-order valence-corrected chi connectivity index (χ1v) is 21.0. The first-order valence-electron chi connectivity index (χ1n) is 19.9. The SMILES string of the molecule is C=C[C@@H]1CC1(NC(=O)[C@H]1C[C@@H](Oc2cc(-c3ccccc3)nc3cc(OC)ccc23)CN1C(=O)[C@H](CC(=O)N1CCCCC1)C(C)(C)C)C(=O)N(C1CC1)S(=O)O. The number of carbonyl (C=O) groups excluding carboxylic acids is 4. The predicted molar refractivity (Wildman–Crippen MR) is 216 cm³/mol. The van der Waals surface area contributed by atoms with Crippen LogP contribution in [0.3, 0.4) is 0 Å². The van der Waals surface area contributed by atoms with Crippen LogP contribution in [0.1, 0.15) is 72.1 Å². The fraction of sp³-hybridized carbons (Fsp3) is 0.512. The van der Waals surface area contributed by atoms with Crippen molar-refractivity contribution in [3.63, 3.8) is 0 Å². The molecule has 7 rings (SSSR count). The molecule has 57 heavy (non-hydrogen) atoms. The van der Waals surface area contributed by atoms with Gasteiger partial charge in [-0.25, -0.2) is 13.5 Å². The molecule has 3 aromatic rings. The van der Waals surface area contributed by atoms with Gasteiger partial charge in [-0.2, -0.15) is 0 Å². The molecule has 14 heteroatoms. The molecular formula is C43H53N5O8S. The van der Waals surface area contributed by atoms with Crippen LogP contribution in [0, 0.1) is 17.3 Å². The number of hydrogen-bond acceptors (Lipinski definition) is 8. The van der Waals surface area contributed by atoms with Crippen molar-refractivity contribution in [2.75, 3.05) is 26.7 Å². The van der Waals surface area contributed by atoms with E-state index in [2.05, 4.69) is 11.9 Å². The van der Waals surface area contributed by atoms with Gasteiger partial charge in [0.05, 0.1) is 30.8 Å². The van der Waals surface area contributed by atoms with Crippen LogP contribution in [0.5, 0.6) is 11.5 Å². The molecular weight excluding hydrogens is 747 g/mol. The summed E-state index contributed by atoms with van der Waals surface area (Å²) in [6.45, 7) is 11.0. The number of amides is 4. The number of aromatic nitrogens is 1. The van der Waals surface area contributed by atoms with Crippen LogP contribution in [0.25, 0.3) is 22.2 Å². The Bertz CT molecular complexity index is 2060. The minimum absolute atomic E-state index is 0.00438. The van der Waals surface area contributed by atoms with Gasteiger partial charge < -0.3 is 24.6 Å². The summed E-state index contributed by atoms with van der Waals surface area (Å²) >= 11 is -2.57. The quantitative estimate of drug-likeness (QED) is 0.168. The van der Waals surface area contributed by atoms with Gasteiger partial charge in [-0.1, -0.05) is 57.2 Å². The van der Waals surface area contributed by atoms with Crippen LogP contribution >= 0.6 is 0 Å². The minimum atomic E-state index is -2.57. The Morgan fingerprint density at radius 1 is 1.09 bits per heavy atom. The van der Waals surface area contributed by atoms with E-state index in [-0.39, 0.29) is 43.7 Å². The van der Waals surface area contributed by atoms with E-state index in [1.807, 2.05) is 80.3 Å². The maximum Gasteiger partial charge on any atom is 0.264 e. The summed E-state index contributed by atoms with van der Waals surface area (Å²) in [6, 6.07) is 15.6. The average molecular weight is 800 g/mol. The standard InChI is InChI=1S/C43H53N5O8S/c1-6-28-25-43(28,41(52)48(57(53)54)29-15-16-29)45-39(50)36-22-31(26-47(36)40(51)33(42(2,3)4)23-38(49)46-19-11-8-12-20-46)56-37-24-34(27-13-9-7-10-14-27)44-35-21-30(55-5)17-18-32(35)37/h6-7,9-10,13-14,17-18,21,24,28-29,31,33,36H,1,8,11-12,15-16,19-20,22-23,25-26H2,2-5H3,(H,45,50)(H,53,54)/t28-,31-,33+,36-,43?/m1/s1. The number of fused-ring (bicyclic) bond motifs is 1. The highest BCUT2D eigenvalue weighted by Gasteiger charge is 2.64. The average Bonchev–Trinajstić information content (AvgIpc) is 4.12. The van der Waals surface area contributed by atoms with Crippen molar-refractivity contribution in [3.8, 4) is 22.8 Å². The summed E-state index contributed by atoms with van der Waals surface area (Å²) in [7, 11) is 1.59. The summed E-state index contributed by atoms with van der Waals surface area (Å²) in [5, 5.41) is 3.66. The molecule has 304 valence electrons. The van der Waals surface area contributed by atoms with Crippen molar-refractivity contribution >= 4 is 45.8 Å². The number of hydrogen-bond donors (Lipinski definition) is 2. The zero-order valence-corrected chi connectivity index (χ0v) is 34.0. The third-order valence-corrected chi connectivity index (χ3v) is 12.7. The number of piperidine rings is 1. The molecule has 2 N–H and O–H groups in total. The van der Waals surface area contributed by atoms with Gasteiger partial charge in [0.2, 0.25) is 17.7 Å². The Balaban J connectivity index is 1.22. The summed E-state index contributed by atoms with van der Waals surface area (Å²) in [5.41, 5.74) is 0.0823. The largest absolute Gasteiger partial charge is 0.497 e. The van der Waals surface area contributed by atoms with E-state index in [0.29, 0.717) is 48.6 Å². The Kier molecular flexibility index (Phi) is 11.5. The number of rotatable bonds is 13. The molecule has 2 aromatic carbocycles. The number of nitrogens with zero attached hydrogens (tertiary/aromatic N) is 4. The fourth-order valence-corrected chi connectivity index (χ4v) is 9.08. The lowest BCUT2D eigenvalue weighted by Gasteiger charge is -2.36. The Hall–Kier alpha value is -4.82. The smallest absolute Gasteiger partial charge is 0.264 e. The van der Waals surface area contributed by atoms with Crippen molar-refractivity contribution in [2.45, 2.75) is 95.9 Å². The molecule has 2 unspecified atom stereocenters. The second-order valence-electron chi connectivity index (χ2n) is 16.9. The number of carbonyl (C=O) groups is 4. The fourth-order valence-electron chi connectivity index (χ4n) is 8.31. The van der Waals surface area contributed by atoms with E-state index >= 15 is 0 Å². The molecule has 13 nitrogen and oxygen atoms in total. The molecule has 2 saturated carbocycles. The maximum absolute atomic E-state index is 14.9. The second-order valence-corrected chi connectivity index (χ2v) is 17.8. The van der Waals surface area contributed by atoms with E-state index in [9.17, 15) is 27.9 Å². The molecule has 4 fully saturated rings. The zero-order chi connectivity index (χ0) is 40.6. The third-order valence-electron chi connectivity index (χ3n) is 11.9. The maximum atomic E-state index is 14.9. The molecule has 2 aliphatic heterocycles. The van der Waals surface area contributed by atoms with E-state index < -0.39 is 58.0 Å². The Morgan fingerprint density at radius 3 is 2.42 bits per heavy atom. The number of methoxy groups -OCH3 is 1. The van der Waals surface area contributed by atoms with Crippen molar-refractivity contribution < 1.29 is 37.4 Å². The number of benzene rings is 2. The molecule has 2 aliphatic carbocycles. The lowest BCUT2D eigenvalue weighted by molar-refractivity contribution is -0.149. The molecule has 0 radical (unpaired) electrons. The minimum Gasteiger partial charge on any atom is -0.497 e. The Labute approximate surface area is 336 Å². The van der Waals surface area contributed by atoms with E-state index in [1.165, 1.54) is 4.90 Å². The zero-order valence-electron chi connectivity index (χ0n) is 33.1. The van der Waals surface area contributed by atoms with Crippen molar-refractivity contribution in [1.82, 2.24) is 24.4 Å². The molecule has 4 amide bonds. The van der Waals surface area contributed by atoms with Gasteiger partial charge >= 0.3 is 0 Å². The van der Waals surface area contributed by atoms with Gasteiger partial charge in [-0.05, 0) is 56.1 Å². The number of likely N-dealkylation sites (tertiary alicyclic amines) is 2. The molecule has 2 saturated heterocycles. The third kappa shape index (κ3) is 8.43. The number of nitrogens with one attached hydrogen (secondary N) is 1. The van der Waals surface area contributed by atoms with E-state index in [1.54, 1.807) is 13.2 Å². The number of ether oxygens (including phenoxy) is 2. The summed E-state index contributed by atoms with van der Waals surface area (Å²) in [5.74, 6) is -1.72. The van der Waals surface area contributed by atoms with Crippen LogP contribution in [0.15, 0.2) is 67.3 Å². The monoisotopic (exact) mass is 799 g/mol. The van der Waals surface area contributed by atoms with Crippen LogP contribution < -0.4 is 14.8 Å². The van der Waals surface area contributed by atoms with Crippen molar-refractivity contribution in [2.24, 2.45) is 17.3 Å². The molecule has 1 aromatic heterocycles. The highest BCUT2D eigenvalue weighted by molar-refractivity contribution is 7.77. The lowest BCUT2D eigenvalue weighted by Crippen LogP contribution is -2.57. The van der Waals surface area contributed by atoms with Crippen molar-refractivity contribution in [1.29, 1.82) is 0 Å². The van der Waals surface area contributed by atoms with Crippen LogP contribution in [0.2, 0.25) is 0 Å². The van der Waals surface area contributed by atoms with E-state index in [4.69, 9.17) is 14.5 Å². The summed E-state index contributed by atoms with van der Waals surface area (Å²) in [4.78, 5) is 65.4. The van der Waals surface area contributed by atoms with Crippen molar-refractivity contribution in [3.05, 3.63) is 67.3 Å². The first-order chi connectivity index (χ1) is 27.2. The highest BCUT2D eigenvalue weighted by atomic mass is 32.2. The van der Waals surface area contributed by atoms with Gasteiger partial charge in [0.15, 0.2) is 0 Å². The predicted octanol–water partition coefficient (Wildman–Crippen LogP) is 5.51. The summed E-state index contributed by atoms with van der Waals surface area (Å²) < 4.78 is 35.7. The van der Waals surface area contributed by atoms with E-state index in [0.717, 1.165) is 34.5 Å². The van der Waals surface area contributed by atoms with Gasteiger partial charge in [0.1, 0.15) is 29.2 Å². The number of pyridine rings is 1. The first kappa shape index (κ1) is 40.4. The molecule has 6 atom stereocenters. The highest BCUT2D eigenvalue weighted by Crippen LogP contribution is 2.48. The topological polar surface area (TPSA) is 159 Å². The lowest BCUT2D eigenvalue weighted by atomic mass is 9.77. The molecule has 4 aliphatic rings. The van der Waals surface area contributed by atoms with Gasteiger partial charge in [-0.3, -0.25) is 23.7 Å². The van der Waals surface area contributed by atoms with Gasteiger partial charge in [0.25, 0.3) is 17.2 Å². The molecule has 3 heterocycles. The molecule has 0 spiro atoms. The van der Waals surface area contributed by atoms with Crippen LogP contribution in [-0.4, -0.2) is 102 Å². The van der Waals surface area contributed by atoms with Gasteiger partial charge in [-0.15, -0.1) is 6.58 Å². The Morgan fingerprint density at radius 2 is 1.81 bits per heavy atom. The summed E-state index contributed by atoms with van der Waals surface area (Å²) in [6.07, 6.45) is 5.31.